The fourth-order valence-electron chi connectivity index (χ4n) is 1.21. The molecule has 1 aromatic rings. The maximum Gasteiger partial charge on any atom is 0.164 e. The van der Waals surface area contributed by atoms with Crippen LogP contribution in [0.3, 0.4) is 0 Å². The third-order valence-electron chi connectivity index (χ3n) is 2.20. The monoisotopic (exact) mass is 212 g/mol. The molecule has 78 valence electrons. The highest BCUT2D eigenvalue weighted by Crippen LogP contribution is 2.25. The molecule has 0 saturated heterocycles. The van der Waals surface area contributed by atoms with Gasteiger partial charge in [-0.15, -0.1) is 0 Å². The van der Waals surface area contributed by atoms with Crippen molar-refractivity contribution in [3.63, 3.8) is 0 Å². The van der Waals surface area contributed by atoms with E-state index in [1.807, 2.05) is 6.92 Å². The van der Waals surface area contributed by atoms with Gasteiger partial charge in [0, 0.05) is 6.04 Å². The van der Waals surface area contributed by atoms with Crippen LogP contribution >= 0.6 is 11.5 Å². The first-order valence-electron chi connectivity index (χ1n) is 4.80. The standard InChI is InChI=1S/C10H16N2OS/c1-5-6(2)11-10-9(8(4)13)7(3)12-14-10/h6,11H,5H2,1-4H3. The molecule has 1 atom stereocenters. The largest absolute Gasteiger partial charge is 0.373 e. The van der Waals surface area contributed by atoms with E-state index in [9.17, 15) is 4.79 Å². The molecule has 3 nitrogen and oxygen atoms in total. The Morgan fingerprint density at radius 3 is 2.79 bits per heavy atom. The second-order valence-corrected chi connectivity index (χ2v) is 4.26. The molecule has 0 radical (unpaired) electrons. The fourth-order valence-corrected chi connectivity index (χ4v) is 2.16. The molecular formula is C10H16N2OS. The average molecular weight is 212 g/mol. The van der Waals surface area contributed by atoms with Gasteiger partial charge in [0.25, 0.3) is 0 Å². The van der Waals surface area contributed by atoms with Crippen LogP contribution in [-0.2, 0) is 0 Å². The van der Waals surface area contributed by atoms with E-state index >= 15 is 0 Å². The first-order valence-corrected chi connectivity index (χ1v) is 5.57. The fraction of sp³-hybridized carbons (Fsp3) is 0.600. The molecule has 0 fully saturated rings. The maximum atomic E-state index is 11.3. The van der Waals surface area contributed by atoms with Crippen LogP contribution in [0.25, 0.3) is 0 Å². The van der Waals surface area contributed by atoms with Gasteiger partial charge in [0.1, 0.15) is 5.00 Å². The molecule has 0 saturated carbocycles. The van der Waals surface area contributed by atoms with Gasteiger partial charge in [-0.2, -0.15) is 4.37 Å². The summed E-state index contributed by atoms with van der Waals surface area (Å²) in [4.78, 5) is 11.3. The molecular weight excluding hydrogens is 196 g/mol. The molecule has 4 heteroatoms. The van der Waals surface area contributed by atoms with Crippen molar-refractivity contribution in [3.8, 4) is 0 Å². The second kappa shape index (κ2) is 4.55. The van der Waals surface area contributed by atoms with Crippen LogP contribution in [0.4, 0.5) is 5.00 Å². The number of carbonyl (C=O) groups is 1. The molecule has 1 rings (SSSR count). The van der Waals surface area contributed by atoms with Crippen molar-refractivity contribution < 1.29 is 4.79 Å². The number of ketones is 1. The highest BCUT2D eigenvalue weighted by Gasteiger charge is 2.15. The SMILES string of the molecule is CCC(C)Nc1snc(C)c1C(C)=O. The van der Waals surface area contributed by atoms with E-state index in [0.717, 1.165) is 22.7 Å². The van der Waals surface area contributed by atoms with Crippen molar-refractivity contribution in [1.82, 2.24) is 4.37 Å². The summed E-state index contributed by atoms with van der Waals surface area (Å²) in [5.74, 6) is 0.0852. The molecule has 1 aromatic heterocycles. The lowest BCUT2D eigenvalue weighted by atomic mass is 10.1. The van der Waals surface area contributed by atoms with Crippen LogP contribution in [-0.4, -0.2) is 16.2 Å². The van der Waals surface area contributed by atoms with E-state index in [0.29, 0.717) is 6.04 Å². The van der Waals surface area contributed by atoms with Gasteiger partial charge < -0.3 is 5.32 Å². The normalized spacial score (nSPS) is 12.6. The molecule has 0 aliphatic heterocycles. The Labute approximate surface area is 88.7 Å². The highest BCUT2D eigenvalue weighted by atomic mass is 32.1. The van der Waals surface area contributed by atoms with E-state index in [1.54, 1.807) is 6.92 Å². The number of aryl methyl sites for hydroxylation is 1. The Morgan fingerprint density at radius 2 is 2.29 bits per heavy atom. The Balaban J connectivity index is 2.92. The van der Waals surface area contributed by atoms with E-state index in [1.165, 1.54) is 11.5 Å². The lowest BCUT2D eigenvalue weighted by Crippen LogP contribution is -2.14. The van der Waals surface area contributed by atoms with Gasteiger partial charge in [-0.25, -0.2) is 0 Å². The van der Waals surface area contributed by atoms with Crippen LogP contribution in [0.15, 0.2) is 0 Å². The van der Waals surface area contributed by atoms with Crippen molar-refractivity contribution >= 4 is 22.3 Å². The summed E-state index contributed by atoms with van der Waals surface area (Å²) >= 11 is 1.37. The van der Waals surface area contributed by atoms with Crippen molar-refractivity contribution in [2.75, 3.05) is 5.32 Å². The zero-order chi connectivity index (χ0) is 10.7. The van der Waals surface area contributed by atoms with Gasteiger partial charge in [0.05, 0.1) is 11.3 Å². The lowest BCUT2D eigenvalue weighted by Gasteiger charge is -2.11. The predicted octanol–water partition coefficient (Wildman–Crippen LogP) is 2.86. The molecule has 1 unspecified atom stereocenters. The van der Waals surface area contributed by atoms with Gasteiger partial charge in [-0.3, -0.25) is 4.79 Å². The lowest BCUT2D eigenvalue weighted by molar-refractivity contribution is 0.101. The minimum absolute atomic E-state index is 0.0852. The van der Waals surface area contributed by atoms with E-state index < -0.39 is 0 Å². The summed E-state index contributed by atoms with van der Waals surface area (Å²) in [6.45, 7) is 7.66. The van der Waals surface area contributed by atoms with Gasteiger partial charge in [-0.1, -0.05) is 6.92 Å². The summed E-state index contributed by atoms with van der Waals surface area (Å²) in [7, 11) is 0. The summed E-state index contributed by atoms with van der Waals surface area (Å²) in [5, 5.41) is 4.20. The molecule has 1 heterocycles. The zero-order valence-electron chi connectivity index (χ0n) is 9.05. The van der Waals surface area contributed by atoms with E-state index in [-0.39, 0.29) is 5.78 Å². The molecule has 0 aliphatic carbocycles. The molecule has 0 aromatic carbocycles. The quantitative estimate of drug-likeness (QED) is 0.780. The third kappa shape index (κ3) is 2.32. The first kappa shape index (κ1) is 11.2. The summed E-state index contributed by atoms with van der Waals surface area (Å²) in [6.07, 6.45) is 1.04. The zero-order valence-corrected chi connectivity index (χ0v) is 9.86. The number of carbonyl (C=O) groups excluding carboxylic acids is 1. The van der Waals surface area contributed by atoms with Gasteiger partial charge in [0.2, 0.25) is 0 Å². The summed E-state index contributed by atoms with van der Waals surface area (Å²) in [5.41, 5.74) is 1.57. The topological polar surface area (TPSA) is 42.0 Å². The van der Waals surface area contributed by atoms with Crippen LogP contribution in [0.2, 0.25) is 0 Å². The second-order valence-electron chi connectivity index (χ2n) is 3.48. The first-order chi connectivity index (χ1) is 6.56. The van der Waals surface area contributed by atoms with Crippen molar-refractivity contribution in [3.05, 3.63) is 11.3 Å². The molecule has 0 aliphatic rings. The Hall–Kier alpha value is -0.900. The van der Waals surface area contributed by atoms with Crippen molar-refractivity contribution in [1.29, 1.82) is 0 Å². The Morgan fingerprint density at radius 1 is 1.64 bits per heavy atom. The number of hydrogen-bond acceptors (Lipinski definition) is 4. The van der Waals surface area contributed by atoms with E-state index in [4.69, 9.17) is 0 Å². The van der Waals surface area contributed by atoms with Crippen LogP contribution in [0.1, 0.15) is 43.2 Å². The smallest absolute Gasteiger partial charge is 0.164 e. The number of Topliss-reactive ketones (excluding diaryl/α,β-unsaturated/α-hetero) is 1. The number of nitrogens with one attached hydrogen (secondary N) is 1. The van der Waals surface area contributed by atoms with Crippen LogP contribution in [0.5, 0.6) is 0 Å². The molecule has 0 amide bonds. The summed E-state index contributed by atoms with van der Waals surface area (Å²) < 4.78 is 4.18. The third-order valence-corrected chi connectivity index (χ3v) is 3.07. The van der Waals surface area contributed by atoms with E-state index in [2.05, 4.69) is 23.5 Å². The Bertz CT molecular complexity index is 333. The van der Waals surface area contributed by atoms with Crippen molar-refractivity contribution in [2.24, 2.45) is 0 Å². The Kier molecular flexibility index (Phi) is 3.63. The molecule has 1 N–H and O–H groups in total. The van der Waals surface area contributed by atoms with Gasteiger partial charge >= 0.3 is 0 Å². The highest BCUT2D eigenvalue weighted by molar-refractivity contribution is 7.10. The van der Waals surface area contributed by atoms with Gasteiger partial charge in [0.15, 0.2) is 5.78 Å². The average Bonchev–Trinajstić information content (AvgIpc) is 2.46. The molecule has 14 heavy (non-hydrogen) atoms. The minimum atomic E-state index is 0.0852. The number of anilines is 1. The predicted molar refractivity (Wildman–Crippen MR) is 60.2 cm³/mol. The number of aromatic nitrogens is 1. The number of rotatable bonds is 4. The minimum Gasteiger partial charge on any atom is -0.373 e. The number of nitrogens with zero attached hydrogens (tertiary/aromatic N) is 1. The molecule has 0 spiro atoms. The maximum absolute atomic E-state index is 11.3. The van der Waals surface area contributed by atoms with Gasteiger partial charge in [-0.05, 0) is 38.7 Å². The number of hydrogen-bond donors (Lipinski definition) is 1. The summed E-state index contributed by atoms with van der Waals surface area (Å²) in [6, 6.07) is 0.382. The van der Waals surface area contributed by atoms with Crippen molar-refractivity contribution in [2.45, 2.75) is 40.2 Å². The van der Waals surface area contributed by atoms with Crippen LogP contribution < -0.4 is 5.32 Å². The van der Waals surface area contributed by atoms with Crippen LogP contribution in [0, 0.1) is 6.92 Å². The molecule has 0 bridgehead atoms.